The number of hydrogen-bond donors (Lipinski definition) is 2. The van der Waals surface area contributed by atoms with Gasteiger partial charge in [0.1, 0.15) is 26.2 Å². The number of nitrogens with one attached hydrogen (secondary N) is 2. The number of para-hydroxylation sites is 2. The van der Waals surface area contributed by atoms with E-state index in [9.17, 15) is 0 Å². The van der Waals surface area contributed by atoms with E-state index in [1.807, 2.05) is 38.1 Å². The third-order valence-electron chi connectivity index (χ3n) is 4.56. The second-order valence-corrected chi connectivity index (χ2v) is 6.77. The van der Waals surface area contributed by atoms with Crippen LogP contribution in [0.3, 0.4) is 0 Å². The summed E-state index contributed by atoms with van der Waals surface area (Å²) in [4.78, 5) is 3.53. The molecule has 4 nitrogen and oxygen atoms in total. The van der Waals surface area contributed by atoms with E-state index in [2.05, 4.69) is 6.92 Å². The van der Waals surface area contributed by atoms with Crippen LogP contribution in [0.4, 0.5) is 0 Å². The van der Waals surface area contributed by atoms with E-state index >= 15 is 0 Å². The van der Waals surface area contributed by atoms with Gasteiger partial charge in [-0.3, -0.25) is 0 Å². The van der Waals surface area contributed by atoms with E-state index in [0.29, 0.717) is 0 Å². The molecule has 2 rings (SSSR count). The van der Waals surface area contributed by atoms with E-state index < -0.39 is 0 Å². The normalized spacial score (nSPS) is 21.4. The van der Waals surface area contributed by atoms with E-state index in [0.717, 1.165) is 24.5 Å². The first-order valence-electron chi connectivity index (χ1n) is 9.24. The van der Waals surface area contributed by atoms with Gasteiger partial charge in [-0.15, -0.1) is 0 Å². The second-order valence-electron chi connectivity index (χ2n) is 6.77. The minimum atomic E-state index is 0.173. The van der Waals surface area contributed by atoms with Crippen molar-refractivity contribution >= 4 is 0 Å². The Morgan fingerprint density at radius 1 is 0.957 bits per heavy atom. The summed E-state index contributed by atoms with van der Waals surface area (Å²) >= 11 is 0. The summed E-state index contributed by atoms with van der Waals surface area (Å²) in [5.41, 5.74) is 0. The predicted molar refractivity (Wildman–Crippen MR) is 93.7 cm³/mol. The molecule has 1 aromatic carbocycles. The zero-order chi connectivity index (χ0) is 16.5. The molecular formula is C19H34N2O2+2. The quantitative estimate of drug-likeness (QED) is 0.646. The topological polar surface area (TPSA) is 27.3 Å². The summed E-state index contributed by atoms with van der Waals surface area (Å²) in [5.74, 6) is 1.72. The molecule has 0 unspecified atom stereocenters. The van der Waals surface area contributed by atoms with Crippen LogP contribution in [0.5, 0.6) is 11.5 Å². The van der Waals surface area contributed by atoms with Crippen LogP contribution in [0.1, 0.15) is 33.6 Å². The molecule has 0 atom stereocenters. The molecule has 1 aliphatic heterocycles. The number of ether oxygens (including phenoxy) is 2. The highest BCUT2D eigenvalue weighted by molar-refractivity contribution is 5.39. The summed E-state index contributed by atoms with van der Waals surface area (Å²) in [6, 6.07) is 7.97. The Hall–Kier alpha value is -1.26. The molecule has 1 fully saturated rings. The van der Waals surface area contributed by atoms with Crippen LogP contribution < -0.4 is 19.3 Å². The summed E-state index contributed by atoms with van der Waals surface area (Å²) in [5, 5.41) is 0. The number of quaternary nitrogens is 2. The van der Waals surface area contributed by atoms with Crippen molar-refractivity contribution in [3.63, 3.8) is 0 Å². The molecule has 23 heavy (non-hydrogen) atoms. The molecule has 0 aliphatic carbocycles. The summed E-state index contributed by atoms with van der Waals surface area (Å²) in [7, 11) is 0. The average Bonchev–Trinajstić information content (AvgIpc) is 2.56. The molecule has 0 bridgehead atoms. The second kappa shape index (κ2) is 9.78. The maximum absolute atomic E-state index is 5.92. The van der Waals surface area contributed by atoms with Crippen LogP contribution in [0.25, 0.3) is 0 Å². The van der Waals surface area contributed by atoms with Crippen LogP contribution in [0.15, 0.2) is 24.3 Å². The molecule has 1 aromatic rings. The molecule has 1 aliphatic rings. The Morgan fingerprint density at radius 2 is 1.61 bits per heavy atom. The van der Waals surface area contributed by atoms with Gasteiger partial charge < -0.3 is 19.3 Å². The van der Waals surface area contributed by atoms with Crippen molar-refractivity contribution in [1.29, 1.82) is 0 Å². The Morgan fingerprint density at radius 3 is 2.26 bits per heavy atom. The molecule has 1 heterocycles. The number of rotatable bonds is 9. The molecule has 0 amide bonds. The van der Waals surface area contributed by atoms with Gasteiger partial charge >= 0.3 is 0 Å². The van der Waals surface area contributed by atoms with E-state index in [4.69, 9.17) is 9.47 Å². The van der Waals surface area contributed by atoms with Gasteiger partial charge in [0.2, 0.25) is 0 Å². The molecule has 0 radical (unpaired) electrons. The van der Waals surface area contributed by atoms with Gasteiger partial charge in [-0.1, -0.05) is 12.1 Å². The van der Waals surface area contributed by atoms with Crippen molar-refractivity contribution < 1.29 is 19.3 Å². The monoisotopic (exact) mass is 322 g/mol. The van der Waals surface area contributed by atoms with E-state index in [-0.39, 0.29) is 6.10 Å². The van der Waals surface area contributed by atoms with Crippen molar-refractivity contribution in [2.24, 2.45) is 0 Å². The Bertz CT molecular complexity index is 443. The molecule has 0 spiro atoms. The minimum absolute atomic E-state index is 0.173. The van der Waals surface area contributed by atoms with Crippen molar-refractivity contribution in [3.05, 3.63) is 24.3 Å². The first-order chi connectivity index (χ1) is 11.2. The molecule has 1 saturated heterocycles. The highest BCUT2D eigenvalue weighted by atomic mass is 16.5. The highest BCUT2D eigenvalue weighted by Gasteiger charge is 2.20. The third kappa shape index (κ3) is 6.40. The average molecular weight is 322 g/mol. The first-order valence-corrected chi connectivity index (χ1v) is 9.24. The number of piperazine rings is 1. The zero-order valence-corrected chi connectivity index (χ0v) is 15.1. The minimum Gasteiger partial charge on any atom is -0.490 e. The molecule has 0 saturated carbocycles. The van der Waals surface area contributed by atoms with Crippen molar-refractivity contribution in [3.8, 4) is 11.5 Å². The number of benzene rings is 1. The van der Waals surface area contributed by atoms with E-state index in [1.165, 1.54) is 45.7 Å². The molecule has 4 heteroatoms. The largest absolute Gasteiger partial charge is 0.490 e. The maximum atomic E-state index is 5.92. The fourth-order valence-electron chi connectivity index (χ4n) is 3.14. The molecule has 2 N–H and O–H groups in total. The number of hydrogen-bond acceptors (Lipinski definition) is 2. The molecular weight excluding hydrogens is 288 g/mol. The fourth-order valence-corrected chi connectivity index (χ4v) is 3.14. The predicted octanol–water partition coefficient (Wildman–Crippen LogP) is 0.436. The van der Waals surface area contributed by atoms with Gasteiger partial charge in [0.25, 0.3) is 0 Å². The van der Waals surface area contributed by atoms with E-state index in [1.54, 1.807) is 9.80 Å². The van der Waals surface area contributed by atoms with Crippen LogP contribution in [0.2, 0.25) is 0 Å². The lowest BCUT2D eigenvalue weighted by Crippen LogP contribution is -3.28. The number of unbranched alkanes of at least 4 members (excludes halogenated alkanes) is 1. The first kappa shape index (κ1) is 18.1. The standard InChI is InChI=1S/C19H32N2O2/c1-4-20-12-14-21(15-13-20)11-7-8-16-22-18-9-5-6-10-19(18)23-17(2)3/h5-6,9-10,17H,4,7-8,11-16H2,1-3H3/p+2. The summed E-state index contributed by atoms with van der Waals surface area (Å²) in [6.45, 7) is 15.0. The summed E-state index contributed by atoms with van der Waals surface area (Å²) in [6.07, 6.45) is 2.53. The third-order valence-corrected chi connectivity index (χ3v) is 4.56. The Labute approximate surface area is 141 Å². The van der Waals surface area contributed by atoms with Gasteiger partial charge in [0.15, 0.2) is 11.5 Å². The van der Waals surface area contributed by atoms with Crippen LogP contribution in [-0.2, 0) is 0 Å². The van der Waals surface area contributed by atoms with Crippen LogP contribution in [0, 0.1) is 0 Å². The Kier molecular flexibility index (Phi) is 7.69. The lowest BCUT2D eigenvalue weighted by Gasteiger charge is -2.28. The lowest BCUT2D eigenvalue weighted by atomic mass is 10.2. The smallest absolute Gasteiger partial charge is 0.161 e. The Balaban J connectivity index is 1.62. The molecule has 0 aromatic heterocycles. The van der Waals surface area contributed by atoms with Gasteiger partial charge in [0.05, 0.1) is 25.8 Å². The van der Waals surface area contributed by atoms with Crippen molar-refractivity contribution in [2.75, 3.05) is 45.9 Å². The van der Waals surface area contributed by atoms with Gasteiger partial charge in [-0.25, -0.2) is 0 Å². The number of likely N-dealkylation sites (N-methyl/N-ethyl adjacent to an activating group) is 1. The maximum Gasteiger partial charge on any atom is 0.161 e. The van der Waals surface area contributed by atoms with Crippen LogP contribution in [-0.4, -0.2) is 52.0 Å². The zero-order valence-electron chi connectivity index (χ0n) is 15.1. The highest BCUT2D eigenvalue weighted by Crippen LogP contribution is 2.27. The SMILES string of the molecule is CC[NH+]1CC[NH+](CCCCOc2ccccc2OC(C)C)CC1. The molecule has 130 valence electrons. The summed E-state index contributed by atoms with van der Waals surface area (Å²) < 4.78 is 11.7. The van der Waals surface area contributed by atoms with Crippen molar-refractivity contribution in [2.45, 2.75) is 39.7 Å². The van der Waals surface area contributed by atoms with Gasteiger partial charge in [-0.05, 0) is 45.7 Å². The fraction of sp³-hybridized carbons (Fsp3) is 0.684. The van der Waals surface area contributed by atoms with Crippen molar-refractivity contribution in [1.82, 2.24) is 0 Å². The van der Waals surface area contributed by atoms with Gasteiger partial charge in [-0.2, -0.15) is 0 Å². The van der Waals surface area contributed by atoms with Crippen LogP contribution >= 0.6 is 0 Å². The lowest BCUT2D eigenvalue weighted by molar-refractivity contribution is -1.01. The van der Waals surface area contributed by atoms with Gasteiger partial charge in [0, 0.05) is 0 Å².